The van der Waals surface area contributed by atoms with E-state index in [0.29, 0.717) is 5.69 Å². The molecule has 0 saturated carbocycles. The smallest absolute Gasteiger partial charge is 0.410 e. The van der Waals surface area contributed by atoms with Crippen molar-refractivity contribution < 1.29 is 27.5 Å². The molecule has 2 aromatic rings. The molecule has 1 aliphatic heterocycles. The first-order valence-corrected chi connectivity index (χ1v) is 9.36. The van der Waals surface area contributed by atoms with Gasteiger partial charge in [0.05, 0.1) is 0 Å². The lowest BCUT2D eigenvalue weighted by Gasteiger charge is -2.31. The lowest BCUT2D eigenvalue weighted by Crippen LogP contribution is -2.37. The lowest BCUT2D eigenvalue weighted by atomic mass is 10.1. The van der Waals surface area contributed by atoms with Gasteiger partial charge in [-0.3, -0.25) is 4.79 Å². The summed E-state index contributed by atoms with van der Waals surface area (Å²) in [6, 6.07) is 5.90. The Morgan fingerprint density at radius 2 is 2.04 bits per heavy atom. The largest absolute Gasteiger partial charge is 0.451 e. The van der Waals surface area contributed by atoms with Crippen LogP contribution in [0, 0.1) is 3.57 Å². The molecule has 1 amide bonds. The number of hydrogen-bond acceptors (Lipinski definition) is 5. The number of aromatic nitrogens is 2. The Morgan fingerprint density at radius 1 is 1.36 bits per heavy atom. The topological polar surface area (TPSA) is 85.2 Å². The molecule has 11 heteroatoms. The number of carbonyl (C=O) groups excluding carboxylic acids is 2. The SMILES string of the molecule is C[C@@H]1C[C@@H](C(F)(F)F)n2nc(C(=O)OCC(=O)Nc3ccc(I)cc3)cc2N1. The highest BCUT2D eigenvalue weighted by molar-refractivity contribution is 14.1. The summed E-state index contributed by atoms with van der Waals surface area (Å²) in [6.45, 7) is 1.03. The number of amides is 1. The zero-order valence-corrected chi connectivity index (χ0v) is 16.7. The maximum absolute atomic E-state index is 13.2. The number of ether oxygens (including phenoxy) is 1. The zero-order valence-electron chi connectivity index (χ0n) is 14.6. The van der Waals surface area contributed by atoms with E-state index in [9.17, 15) is 22.8 Å². The zero-order chi connectivity index (χ0) is 20.5. The molecule has 1 aromatic heterocycles. The van der Waals surface area contributed by atoms with Crippen molar-refractivity contribution in [1.29, 1.82) is 0 Å². The van der Waals surface area contributed by atoms with Gasteiger partial charge in [0, 0.05) is 21.4 Å². The van der Waals surface area contributed by atoms with E-state index in [-0.39, 0.29) is 17.9 Å². The molecular weight excluding hydrogens is 492 g/mol. The first-order valence-electron chi connectivity index (χ1n) is 8.29. The van der Waals surface area contributed by atoms with Gasteiger partial charge in [0.15, 0.2) is 18.3 Å². The fraction of sp³-hybridized carbons (Fsp3) is 0.353. The molecule has 2 heterocycles. The maximum Gasteiger partial charge on any atom is 0.410 e. The summed E-state index contributed by atoms with van der Waals surface area (Å²) < 4.78 is 46.3. The molecule has 0 bridgehead atoms. The van der Waals surface area contributed by atoms with Crippen molar-refractivity contribution in [3.05, 3.63) is 39.6 Å². The highest BCUT2D eigenvalue weighted by Crippen LogP contribution is 2.39. The second-order valence-corrected chi connectivity index (χ2v) is 7.57. The summed E-state index contributed by atoms with van der Waals surface area (Å²) in [7, 11) is 0. The van der Waals surface area contributed by atoms with Gasteiger partial charge in [-0.2, -0.15) is 18.3 Å². The van der Waals surface area contributed by atoms with E-state index < -0.39 is 36.7 Å². The van der Waals surface area contributed by atoms with Gasteiger partial charge in [-0.05, 0) is 60.2 Å². The number of nitrogens with zero attached hydrogens (tertiary/aromatic N) is 2. The van der Waals surface area contributed by atoms with Crippen LogP contribution in [0.4, 0.5) is 24.7 Å². The average molecular weight is 508 g/mol. The number of alkyl halides is 3. The Bertz CT molecular complexity index is 883. The van der Waals surface area contributed by atoms with Gasteiger partial charge in [0.1, 0.15) is 5.82 Å². The van der Waals surface area contributed by atoms with Gasteiger partial charge >= 0.3 is 12.1 Å². The molecule has 0 unspecified atom stereocenters. The van der Waals surface area contributed by atoms with Gasteiger partial charge in [-0.15, -0.1) is 0 Å². The van der Waals surface area contributed by atoms with Crippen molar-refractivity contribution in [3.8, 4) is 0 Å². The Hall–Kier alpha value is -2.31. The van der Waals surface area contributed by atoms with E-state index in [0.717, 1.165) is 8.25 Å². The van der Waals surface area contributed by atoms with Crippen molar-refractivity contribution in [3.63, 3.8) is 0 Å². The molecule has 0 spiro atoms. The van der Waals surface area contributed by atoms with Crippen molar-refractivity contribution in [2.24, 2.45) is 0 Å². The highest BCUT2D eigenvalue weighted by atomic mass is 127. The van der Waals surface area contributed by atoms with Crippen LogP contribution in [-0.4, -0.2) is 40.5 Å². The Labute approximate surface area is 171 Å². The number of hydrogen-bond donors (Lipinski definition) is 2. The van der Waals surface area contributed by atoms with Crippen LogP contribution in [0.5, 0.6) is 0 Å². The van der Waals surface area contributed by atoms with Crippen LogP contribution in [0.15, 0.2) is 30.3 Å². The van der Waals surface area contributed by atoms with E-state index in [1.165, 1.54) is 6.07 Å². The summed E-state index contributed by atoms with van der Waals surface area (Å²) in [5, 5.41) is 9.14. The molecule has 150 valence electrons. The Kier molecular flexibility index (Phi) is 5.82. The second-order valence-electron chi connectivity index (χ2n) is 6.33. The fourth-order valence-corrected chi connectivity index (χ4v) is 3.15. The predicted molar refractivity (Wildman–Crippen MR) is 103 cm³/mol. The number of carbonyl (C=O) groups is 2. The van der Waals surface area contributed by atoms with Gasteiger partial charge in [0.25, 0.3) is 5.91 Å². The van der Waals surface area contributed by atoms with E-state index >= 15 is 0 Å². The number of rotatable bonds is 4. The predicted octanol–water partition coefficient (Wildman–Crippen LogP) is 3.59. The number of nitrogens with one attached hydrogen (secondary N) is 2. The van der Waals surface area contributed by atoms with Crippen LogP contribution in [0.3, 0.4) is 0 Å². The molecule has 3 rings (SSSR count). The summed E-state index contributed by atoms with van der Waals surface area (Å²) in [5.41, 5.74) is 0.234. The summed E-state index contributed by atoms with van der Waals surface area (Å²) >= 11 is 2.12. The minimum absolute atomic E-state index is 0.0800. The van der Waals surface area contributed by atoms with Gasteiger partial charge < -0.3 is 15.4 Å². The number of anilines is 2. The maximum atomic E-state index is 13.2. The number of fused-ring (bicyclic) bond motifs is 1. The Morgan fingerprint density at radius 3 is 2.68 bits per heavy atom. The molecule has 0 radical (unpaired) electrons. The third-order valence-corrected chi connectivity index (χ3v) is 4.77. The fourth-order valence-electron chi connectivity index (χ4n) is 2.79. The first-order chi connectivity index (χ1) is 13.1. The van der Waals surface area contributed by atoms with Crippen molar-refractivity contribution in [2.75, 3.05) is 17.2 Å². The number of halogens is 4. The molecule has 2 N–H and O–H groups in total. The van der Waals surface area contributed by atoms with E-state index in [1.54, 1.807) is 31.2 Å². The first kappa shape index (κ1) is 20.4. The van der Waals surface area contributed by atoms with E-state index in [2.05, 4.69) is 38.3 Å². The minimum atomic E-state index is -4.49. The van der Waals surface area contributed by atoms with Crippen LogP contribution in [0.1, 0.15) is 29.9 Å². The van der Waals surface area contributed by atoms with Crippen LogP contribution in [-0.2, 0) is 9.53 Å². The van der Waals surface area contributed by atoms with Crippen LogP contribution >= 0.6 is 22.6 Å². The van der Waals surface area contributed by atoms with Crippen LogP contribution < -0.4 is 10.6 Å². The molecule has 1 aliphatic rings. The summed E-state index contributed by atoms with van der Waals surface area (Å²) in [6.07, 6.45) is -4.70. The molecule has 0 fully saturated rings. The minimum Gasteiger partial charge on any atom is -0.451 e. The van der Waals surface area contributed by atoms with Crippen molar-refractivity contribution in [1.82, 2.24) is 9.78 Å². The highest BCUT2D eigenvalue weighted by Gasteiger charge is 2.45. The Balaban J connectivity index is 1.64. The number of esters is 1. The number of benzene rings is 1. The quantitative estimate of drug-likeness (QED) is 0.488. The third kappa shape index (κ3) is 4.75. The lowest BCUT2D eigenvalue weighted by molar-refractivity contribution is -0.173. The standard InChI is InChI=1S/C17H16F3IN4O3/c1-9-6-13(17(18,19)20)25-14(22-9)7-12(24-25)16(27)28-8-15(26)23-11-4-2-10(21)3-5-11/h2-5,7,9,13,22H,6,8H2,1H3,(H,23,26)/t9-,13+/m1/s1. The van der Waals surface area contributed by atoms with Gasteiger partial charge in [0.2, 0.25) is 0 Å². The van der Waals surface area contributed by atoms with Crippen molar-refractivity contribution in [2.45, 2.75) is 31.6 Å². The van der Waals surface area contributed by atoms with E-state index in [4.69, 9.17) is 4.74 Å². The molecule has 0 saturated heterocycles. The molecule has 0 aliphatic carbocycles. The molecule has 2 atom stereocenters. The normalized spacial score (nSPS) is 18.8. The average Bonchev–Trinajstić information content (AvgIpc) is 3.04. The second kappa shape index (κ2) is 7.97. The van der Waals surface area contributed by atoms with Crippen molar-refractivity contribution >= 4 is 46.0 Å². The van der Waals surface area contributed by atoms with Gasteiger partial charge in [-0.25, -0.2) is 9.48 Å². The molecule has 1 aromatic carbocycles. The molecular formula is C17H16F3IN4O3. The summed E-state index contributed by atoms with van der Waals surface area (Å²) in [5.74, 6) is -1.47. The monoisotopic (exact) mass is 508 g/mol. The molecule has 28 heavy (non-hydrogen) atoms. The third-order valence-electron chi connectivity index (χ3n) is 4.05. The van der Waals surface area contributed by atoms with Gasteiger partial charge in [-0.1, -0.05) is 0 Å². The molecule has 7 nitrogen and oxygen atoms in total. The van der Waals surface area contributed by atoms with Crippen LogP contribution in [0.25, 0.3) is 0 Å². The summed E-state index contributed by atoms with van der Waals surface area (Å²) in [4.78, 5) is 24.0. The van der Waals surface area contributed by atoms with Crippen LogP contribution in [0.2, 0.25) is 0 Å². The van der Waals surface area contributed by atoms with E-state index in [1.807, 2.05) is 0 Å².